The number of morpholine rings is 1. The molecule has 1 aliphatic carbocycles. The van der Waals surface area contributed by atoms with Crippen molar-refractivity contribution in [2.75, 3.05) is 52.6 Å². The summed E-state index contributed by atoms with van der Waals surface area (Å²) >= 11 is 0. The molecule has 2 aliphatic heterocycles. The Balaban J connectivity index is 1.03. The summed E-state index contributed by atoms with van der Waals surface area (Å²) < 4.78 is 31.8. The third-order valence-corrected chi connectivity index (χ3v) is 8.34. The molecule has 1 unspecified atom stereocenters. The number of ether oxygens (including phenoxy) is 3. The minimum Gasteiger partial charge on any atom is -0.505 e. The van der Waals surface area contributed by atoms with Crippen LogP contribution in [0.4, 0.5) is 4.39 Å². The third-order valence-electron chi connectivity index (χ3n) is 8.34. The summed E-state index contributed by atoms with van der Waals surface area (Å²) in [7, 11) is 0. The lowest BCUT2D eigenvalue weighted by molar-refractivity contribution is 0.0322. The number of rotatable bonds is 10. The molecular weight excluding hydrogens is 487 g/mol. The first kappa shape index (κ1) is 26.8. The molecule has 2 aromatic rings. The van der Waals surface area contributed by atoms with Gasteiger partial charge in [0.25, 0.3) is 5.91 Å². The second-order valence-corrected chi connectivity index (χ2v) is 11.0. The van der Waals surface area contributed by atoms with E-state index in [4.69, 9.17) is 14.2 Å². The molecule has 1 N–H and O–H groups in total. The second-order valence-electron chi connectivity index (χ2n) is 11.0. The van der Waals surface area contributed by atoms with Crippen LogP contribution in [0.3, 0.4) is 0 Å². The van der Waals surface area contributed by atoms with Gasteiger partial charge in [-0.1, -0.05) is 19.1 Å². The quantitative estimate of drug-likeness (QED) is 0.483. The Morgan fingerprint density at radius 2 is 1.82 bits per heavy atom. The first-order valence-electron chi connectivity index (χ1n) is 13.9. The molecule has 7 nitrogen and oxygen atoms in total. The van der Waals surface area contributed by atoms with Gasteiger partial charge in [-0.25, -0.2) is 4.39 Å². The zero-order valence-electron chi connectivity index (χ0n) is 22.2. The average molecular weight is 527 g/mol. The maximum atomic E-state index is 14.3. The van der Waals surface area contributed by atoms with E-state index in [2.05, 4.69) is 11.8 Å². The van der Waals surface area contributed by atoms with E-state index >= 15 is 0 Å². The Labute approximate surface area is 224 Å². The lowest BCUT2D eigenvalue weighted by atomic mass is 9.76. The molecule has 0 bridgehead atoms. The van der Waals surface area contributed by atoms with Crippen LogP contribution in [0.2, 0.25) is 0 Å². The number of carbonyl (C=O) groups excluding carboxylic acids is 1. The molecule has 2 heterocycles. The van der Waals surface area contributed by atoms with Gasteiger partial charge >= 0.3 is 0 Å². The molecule has 5 rings (SSSR count). The fourth-order valence-electron chi connectivity index (χ4n) is 5.94. The van der Waals surface area contributed by atoms with Crippen LogP contribution in [0.1, 0.15) is 48.5 Å². The van der Waals surface area contributed by atoms with Crippen molar-refractivity contribution in [2.45, 2.75) is 39.2 Å². The molecule has 1 atom stereocenters. The summed E-state index contributed by atoms with van der Waals surface area (Å²) in [6.07, 6.45) is 4.30. The van der Waals surface area contributed by atoms with Crippen molar-refractivity contribution in [3.05, 3.63) is 53.3 Å². The van der Waals surface area contributed by atoms with Gasteiger partial charge < -0.3 is 24.2 Å². The topological polar surface area (TPSA) is 71.5 Å². The SMILES string of the molecule is CC(COc1cccc(OCCN2CCOCC2)c1)C1CCC(CN2Cc3ccc(O)c(F)c3C2=O)CC1. The number of benzene rings is 2. The molecule has 8 heteroatoms. The number of phenolic OH excluding ortho intramolecular Hbond substituents is 1. The Morgan fingerprint density at radius 3 is 2.58 bits per heavy atom. The third kappa shape index (κ3) is 6.41. The summed E-state index contributed by atoms with van der Waals surface area (Å²) in [5, 5.41) is 9.63. The molecule has 1 saturated carbocycles. The summed E-state index contributed by atoms with van der Waals surface area (Å²) in [6, 6.07) is 10.9. The predicted octanol–water partition coefficient (Wildman–Crippen LogP) is 4.72. The highest BCUT2D eigenvalue weighted by molar-refractivity contribution is 5.99. The van der Waals surface area contributed by atoms with Gasteiger partial charge in [0.2, 0.25) is 0 Å². The molecular formula is C30H39FN2O5. The minimum absolute atomic E-state index is 0.0380. The highest BCUT2D eigenvalue weighted by Crippen LogP contribution is 2.36. The fourth-order valence-corrected chi connectivity index (χ4v) is 5.94. The lowest BCUT2D eigenvalue weighted by Gasteiger charge is -2.34. The van der Waals surface area contributed by atoms with Crippen LogP contribution in [0.25, 0.3) is 0 Å². The molecule has 1 amide bonds. The Hall–Kier alpha value is -2.84. The van der Waals surface area contributed by atoms with Crippen molar-refractivity contribution in [1.29, 1.82) is 0 Å². The maximum Gasteiger partial charge on any atom is 0.257 e. The highest BCUT2D eigenvalue weighted by Gasteiger charge is 2.34. The molecule has 2 fully saturated rings. The van der Waals surface area contributed by atoms with Crippen LogP contribution in [0, 0.1) is 23.6 Å². The number of carbonyl (C=O) groups is 1. The molecule has 2 aromatic carbocycles. The van der Waals surface area contributed by atoms with E-state index in [-0.39, 0.29) is 11.5 Å². The monoisotopic (exact) mass is 526 g/mol. The highest BCUT2D eigenvalue weighted by atomic mass is 19.1. The standard InChI is InChI=1S/C30H39FN2O5/c1-21(20-38-26-4-2-3-25(17-26)37-16-13-32-11-14-36-15-12-32)23-7-5-22(6-8-23)18-33-19-24-9-10-27(34)29(31)28(24)30(33)35/h2-4,9-10,17,21-23,34H,5-8,11-16,18-20H2,1H3. The molecule has 3 aliphatic rings. The van der Waals surface area contributed by atoms with Crippen LogP contribution < -0.4 is 9.47 Å². The number of fused-ring (bicyclic) bond motifs is 1. The van der Waals surface area contributed by atoms with E-state index in [1.54, 1.807) is 11.0 Å². The zero-order chi connectivity index (χ0) is 26.5. The summed E-state index contributed by atoms with van der Waals surface area (Å²) in [5.74, 6) is 1.54. The van der Waals surface area contributed by atoms with E-state index in [1.807, 2.05) is 24.3 Å². The van der Waals surface area contributed by atoms with Gasteiger partial charge in [-0.05, 0) is 67.2 Å². The molecule has 206 valence electrons. The number of phenols is 1. The first-order chi connectivity index (χ1) is 18.5. The van der Waals surface area contributed by atoms with Crippen molar-refractivity contribution in [1.82, 2.24) is 9.80 Å². The van der Waals surface area contributed by atoms with Crippen LogP contribution >= 0.6 is 0 Å². The maximum absolute atomic E-state index is 14.3. The van der Waals surface area contributed by atoms with E-state index in [9.17, 15) is 14.3 Å². The number of hydrogen-bond acceptors (Lipinski definition) is 6. The number of amides is 1. The van der Waals surface area contributed by atoms with Crippen LogP contribution in [0.5, 0.6) is 17.2 Å². The van der Waals surface area contributed by atoms with Gasteiger partial charge in [-0.3, -0.25) is 9.69 Å². The Morgan fingerprint density at radius 1 is 1.08 bits per heavy atom. The molecule has 0 aromatic heterocycles. The van der Waals surface area contributed by atoms with Gasteiger partial charge in [-0.15, -0.1) is 0 Å². The van der Waals surface area contributed by atoms with E-state index in [0.717, 1.165) is 70.0 Å². The van der Waals surface area contributed by atoms with Crippen LogP contribution in [-0.2, 0) is 11.3 Å². The van der Waals surface area contributed by atoms with Gasteiger partial charge in [0.1, 0.15) is 18.1 Å². The second kappa shape index (κ2) is 12.3. The summed E-state index contributed by atoms with van der Waals surface area (Å²) in [5.41, 5.74) is 0.701. The van der Waals surface area contributed by atoms with Crippen LogP contribution in [0.15, 0.2) is 36.4 Å². The van der Waals surface area contributed by atoms with Gasteiger partial charge in [0, 0.05) is 38.8 Å². The van der Waals surface area contributed by atoms with Crippen molar-refractivity contribution < 1.29 is 28.5 Å². The molecule has 0 spiro atoms. The zero-order valence-corrected chi connectivity index (χ0v) is 22.2. The van der Waals surface area contributed by atoms with E-state index in [1.165, 1.54) is 6.07 Å². The molecule has 0 radical (unpaired) electrons. The normalized spacial score (nSPS) is 22.8. The molecule has 38 heavy (non-hydrogen) atoms. The van der Waals surface area contributed by atoms with Gasteiger partial charge in [0.15, 0.2) is 11.6 Å². The summed E-state index contributed by atoms with van der Waals surface area (Å²) in [4.78, 5) is 16.8. The predicted molar refractivity (Wildman–Crippen MR) is 142 cm³/mol. The minimum atomic E-state index is -0.794. The van der Waals surface area contributed by atoms with E-state index in [0.29, 0.717) is 49.6 Å². The number of halogens is 1. The lowest BCUT2D eigenvalue weighted by Crippen LogP contribution is -2.38. The van der Waals surface area contributed by atoms with E-state index < -0.39 is 11.6 Å². The van der Waals surface area contributed by atoms with Crippen molar-refractivity contribution in [3.8, 4) is 17.2 Å². The van der Waals surface area contributed by atoms with Gasteiger partial charge in [0.05, 0.1) is 25.4 Å². The first-order valence-corrected chi connectivity index (χ1v) is 13.9. The molecule has 1 saturated heterocycles. The number of hydrogen-bond donors (Lipinski definition) is 1. The fraction of sp³-hybridized carbons (Fsp3) is 0.567. The Kier molecular flexibility index (Phi) is 8.69. The number of nitrogens with zero attached hydrogens (tertiary/aromatic N) is 2. The smallest absolute Gasteiger partial charge is 0.257 e. The largest absolute Gasteiger partial charge is 0.505 e. The van der Waals surface area contributed by atoms with Crippen LogP contribution in [-0.4, -0.2) is 73.4 Å². The average Bonchev–Trinajstić information content (AvgIpc) is 3.26. The van der Waals surface area contributed by atoms with Crippen molar-refractivity contribution in [2.24, 2.45) is 17.8 Å². The summed E-state index contributed by atoms with van der Waals surface area (Å²) in [6.45, 7) is 9.04. The number of aromatic hydroxyl groups is 1. The van der Waals surface area contributed by atoms with Gasteiger partial charge in [-0.2, -0.15) is 0 Å². The Bertz CT molecular complexity index is 1100. The van der Waals surface area contributed by atoms with Crippen molar-refractivity contribution in [3.63, 3.8) is 0 Å². The van der Waals surface area contributed by atoms with Crippen molar-refractivity contribution >= 4 is 5.91 Å².